The summed E-state index contributed by atoms with van der Waals surface area (Å²) in [6.07, 6.45) is 5.72. The summed E-state index contributed by atoms with van der Waals surface area (Å²) in [5.41, 5.74) is 6.18. The second-order valence-electron chi connectivity index (χ2n) is 7.51. The van der Waals surface area contributed by atoms with E-state index in [1.54, 1.807) is 6.08 Å². The summed E-state index contributed by atoms with van der Waals surface area (Å²) in [6, 6.07) is 29.7. The maximum atomic E-state index is 6.03. The minimum Gasteiger partial charge on any atom is -0.456 e. The fourth-order valence-corrected chi connectivity index (χ4v) is 4.12. The molecule has 0 aliphatic rings. The van der Waals surface area contributed by atoms with Crippen molar-refractivity contribution < 1.29 is 4.42 Å². The lowest BCUT2D eigenvalue weighted by Crippen LogP contribution is -2.18. The van der Waals surface area contributed by atoms with E-state index in [1.807, 2.05) is 19.1 Å². The molecule has 0 radical (unpaired) electrons. The van der Waals surface area contributed by atoms with Crippen molar-refractivity contribution >= 4 is 45.3 Å². The van der Waals surface area contributed by atoms with Crippen LogP contribution in [0.4, 0.5) is 11.4 Å². The van der Waals surface area contributed by atoms with Crippen LogP contribution >= 0.6 is 0 Å². The van der Waals surface area contributed by atoms with E-state index in [4.69, 9.17) is 4.42 Å². The quantitative estimate of drug-likeness (QED) is 0.360. The Labute approximate surface area is 181 Å². The normalized spacial score (nSPS) is 12.5. The Morgan fingerprint density at radius 1 is 0.806 bits per heavy atom. The van der Waals surface area contributed by atoms with Gasteiger partial charge in [-0.1, -0.05) is 73.3 Å². The molecule has 0 saturated heterocycles. The van der Waals surface area contributed by atoms with Gasteiger partial charge in [0, 0.05) is 28.0 Å². The van der Waals surface area contributed by atoms with E-state index in [9.17, 15) is 0 Å². The Kier molecular flexibility index (Phi) is 4.89. The standard InChI is InChI=1S/C29H23NO/c1-3-8-28-24(4-2)27-18-17-23(19-29(27)31-28)30-22-15-13-21(14-16-22)26-12-7-10-20-9-5-6-11-25(20)26/h3-19,30H,1H2,2H3/b24-4-,28-8+. The number of hydrogen-bond acceptors (Lipinski definition) is 2. The van der Waals surface area contributed by atoms with E-state index < -0.39 is 0 Å². The molecule has 0 aliphatic heterocycles. The zero-order valence-corrected chi connectivity index (χ0v) is 17.4. The number of benzene rings is 4. The Morgan fingerprint density at radius 3 is 2.39 bits per heavy atom. The van der Waals surface area contributed by atoms with Crippen LogP contribution in [0.3, 0.4) is 0 Å². The van der Waals surface area contributed by atoms with Gasteiger partial charge in [0.15, 0.2) is 0 Å². The summed E-state index contributed by atoms with van der Waals surface area (Å²) < 4.78 is 6.03. The van der Waals surface area contributed by atoms with Crippen molar-refractivity contribution in [2.45, 2.75) is 6.92 Å². The Bertz CT molecular complexity index is 1520. The first-order valence-electron chi connectivity index (χ1n) is 10.4. The van der Waals surface area contributed by atoms with Gasteiger partial charge >= 0.3 is 0 Å². The molecule has 5 aromatic rings. The van der Waals surface area contributed by atoms with Crippen LogP contribution in [0.5, 0.6) is 0 Å². The van der Waals surface area contributed by atoms with Crippen molar-refractivity contribution in [1.29, 1.82) is 0 Å². The monoisotopic (exact) mass is 401 g/mol. The molecule has 1 heterocycles. The largest absolute Gasteiger partial charge is 0.456 e. The molecular formula is C29H23NO. The van der Waals surface area contributed by atoms with Gasteiger partial charge in [-0.15, -0.1) is 0 Å². The SMILES string of the molecule is C=C/C=c1/oc2cc(Nc3ccc(-c4cccc5ccccc45)cc3)ccc2/c1=C/C. The number of allylic oxidation sites excluding steroid dienone is 1. The lowest BCUT2D eigenvalue weighted by atomic mass is 9.98. The summed E-state index contributed by atoms with van der Waals surface area (Å²) in [5, 5.41) is 8.22. The van der Waals surface area contributed by atoms with Crippen molar-refractivity contribution in [2.75, 3.05) is 5.32 Å². The van der Waals surface area contributed by atoms with Crippen molar-refractivity contribution in [3.63, 3.8) is 0 Å². The highest BCUT2D eigenvalue weighted by molar-refractivity contribution is 5.96. The number of furan rings is 1. The van der Waals surface area contributed by atoms with Gasteiger partial charge < -0.3 is 9.73 Å². The number of rotatable bonds is 4. The third-order valence-corrected chi connectivity index (χ3v) is 5.59. The number of fused-ring (bicyclic) bond motifs is 2. The van der Waals surface area contributed by atoms with Gasteiger partial charge in [0.2, 0.25) is 0 Å². The molecular weight excluding hydrogens is 378 g/mol. The van der Waals surface area contributed by atoms with Crippen LogP contribution in [0.25, 0.3) is 45.0 Å². The topological polar surface area (TPSA) is 25.2 Å². The summed E-state index contributed by atoms with van der Waals surface area (Å²) >= 11 is 0. The molecule has 0 amide bonds. The molecule has 1 aromatic heterocycles. The molecule has 0 spiro atoms. The van der Waals surface area contributed by atoms with Crippen LogP contribution in [0, 0.1) is 0 Å². The molecule has 5 rings (SSSR count). The first-order chi connectivity index (χ1) is 15.3. The van der Waals surface area contributed by atoms with E-state index in [-0.39, 0.29) is 0 Å². The number of hydrogen-bond donors (Lipinski definition) is 1. The fourth-order valence-electron chi connectivity index (χ4n) is 4.12. The average Bonchev–Trinajstić information content (AvgIpc) is 3.16. The Hall–Kier alpha value is -4.04. The molecule has 1 N–H and O–H groups in total. The van der Waals surface area contributed by atoms with Gasteiger partial charge in [-0.3, -0.25) is 0 Å². The van der Waals surface area contributed by atoms with Crippen LogP contribution in [0.15, 0.2) is 102 Å². The molecule has 150 valence electrons. The van der Waals surface area contributed by atoms with Gasteiger partial charge in [-0.25, -0.2) is 0 Å². The van der Waals surface area contributed by atoms with E-state index in [1.165, 1.54) is 21.9 Å². The molecule has 2 nitrogen and oxygen atoms in total. The van der Waals surface area contributed by atoms with Crippen molar-refractivity contribution in [3.05, 3.63) is 108 Å². The Morgan fingerprint density at radius 2 is 1.58 bits per heavy atom. The highest BCUT2D eigenvalue weighted by atomic mass is 16.3. The maximum Gasteiger partial charge on any atom is 0.137 e. The average molecular weight is 402 g/mol. The van der Waals surface area contributed by atoms with Gasteiger partial charge in [0.05, 0.1) is 0 Å². The minimum absolute atomic E-state index is 0.837. The smallest absolute Gasteiger partial charge is 0.137 e. The van der Waals surface area contributed by atoms with E-state index in [2.05, 4.69) is 96.8 Å². The first kappa shape index (κ1) is 19.0. The molecule has 0 bridgehead atoms. The third-order valence-electron chi connectivity index (χ3n) is 5.59. The minimum atomic E-state index is 0.837. The van der Waals surface area contributed by atoms with Crippen LogP contribution in [0.1, 0.15) is 6.92 Å². The summed E-state index contributed by atoms with van der Waals surface area (Å²) in [7, 11) is 0. The highest BCUT2D eigenvalue weighted by Gasteiger charge is 2.06. The van der Waals surface area contributed by atoms with Gasteiger partial charge in [0.1, 0.15) is 11.0 Å². The van der Waals surface area contributed by atoms with E-state index in [0.717, 1.165) is 33.0 Å². The van der Waals surface area contributed by atoms with Crippen LogP contribution < -0.4 is 16.0 Å². The maximum absolute atomic E-state index is 6.03. The number of nitrogens with one attached hydrogen (secondary N) is 1. The second-order valence-corrected chi connectivity index (χ2v) is 7.51. The van der Waals surface area contributed by atoms with E-state index >= 15 is 0 Å². The van der Waals surface area contributed by atoms with Gasteiger partial charge in [0.25, 0.3) is 0 Å². The first-order valence-corrected chi connectivity index (χ1v) is 10.4. The van der Waals surface area contributed by atoms with Crippen molar-refractivity contribution in [1.82, 2.24) is 0 Å². The zero-order chi connectivity index (χ0) is 21.2. The summed E-state index contributed by atoms with van der Waals surface area (Å²) in [5.74, 6) is 0. The van der Waals surface area contributed by atoms with Crippen LogP contribution in [0.2, 0.25) is 0 Å². The molecule has 0 saturated carbocycles. The van der Waals surface area contributed by atoms with Gasteiger partial charge in [-0.05, 0) is 59.2 Å². The van der Waals surface area contributed by atoms with E-state index in [0.29, 0.717) is 0 Å². The van der Waals surface area contributed by atoms with Crippen LogP contribution in [-0.2, 0) is 0 Å². The molecule has 4 aromatic carbocycles. The lowest BCUT2D eigenvalue weighted by Gasteiger charge is -2.10. The zero-order valence-electron chi connectivity index (χ0n) is 17.4. The number of anilines is 2. The predicted molar refractivity (Wildman–Crippen MR) is 133 cm³/mol. The highest BCUT2D eigenvalue weighted by Crippen LogP contribution is 2.30. The molecule has 2 heteroatoms. The molecule has 0 unspecified atom stereocenters. The molecule has 31 heavy (non-hydrogen) atoms. The van der Waals surface area contributed by atoms with Crippen LogP contribution in [-0.4, -0.2) is 0 Å². The lowest BCUT2D eigenvalue weighted by molar-refractivity contribution is 0.576. The molecule has 0 atom stereocenters. The molecule has 0 fully saturated rings. The molecule has 0 aliphatic carbocycles. The third kappa shape index (κ3) is 3.53. The Balaban J connectivity index is 1.46. The summed E-state index contributed by atoms with van der Waals surface area (Å²) in [6.45, 7) is 5.80. The summed E-state index contributed by atoms with van der Waals surface area (Å²) in [4.78, 5) is 0. The van der Waals surface area contributed by atoms with Crippen molar-refractivity contribution in [2.24, 2.45) is 0 Å². The predicted octanol–water partition coefficient (Wildman–Crippen LogP) is 6.76. The van der Waals surface area contributed by atoms with Gasteiger partial charge in [-0.2, -0.15) is 0 Å². The second kappa shape index (κ2) is 8.00. The fraction of sp³-hybridized carbons (Fsp3) is 0.0345. The van der Waals surface area contributed by atoms with Crippen molar-refractivity contribution in [3.8, 4) is 11.1 Å².